The molecule has 0 bridgehead atoms. The molecule has 1 rings (SSSR count). The van der Waals surface area contributed by atoms with Gasteiger partial charge in [0.2, 0.25) is 0 Å². The van der Waals surface area contributed by atoms with Crippen LogP contribution in [0, 0.1) is 17.8 Å². The fraction of sp³-hybridized carbons (Fsp3) is 0.875. The first-order valence-electron chi connectivity index (χ1n) is 8.23. The monoisotopic (exact) mass is 298 g/mol. The van der Waals surface area contributed by atoms with Crippen LogP contribution >= 0.6 is 0 Å². The van der Waals surface area contributed by atoms with Crippen LogP contribution in [0.15, 0.2) is 0 Å². The van der Waals surface area contributed by atoms with E-state index in [0.717, 1.165) is 45.2 Å². The van der Waals surface area contributed by atoms with Crippen LogP contribution in [0.2, 0.25) is 0 Å². The highest BCUT2D eigenvalue weighted by Crippen LogP contribution is 2.28. The number of aliphatic carboxylic acids is 1. The van der Waals surface area contributed by atoms with E-state index in [2.05, 4.69) is 19.2 Å². The minimum absolute atomic E-state index is 0.0122. The summed E-state index contributed by atoms with van der Waals surface area (Å²) in [4.78, 5) is 24.9. The molecule has 1 saturated carbocycles. The maximum Gasteiger partial charge on any atom is 0.317 e. The summed E-state index contributed by atoms with van der Waals surface area (Å²) >= 11 is 0. The third-order valence-electron chi connectivity index (χ3n) is 4.64. The maximum atomic E-state index is 12.2. The summed E-state index contributed by atoms with van der Waals surface area (Å²) in [5, 5.41) is 12.0. The molecule has 0 saturated heterocycles. The maximum absolute atomic E-state index is 12.2. The Bertz CT molecular complexity index is 338. The molecule has 0 aromatic heterocycles. The summed E-state index contributed by atoms with van der Waals surface area (Å²) < 4.78 is 0. The summed E-state index contributed by atoms with van der Waals surface area (Å²) in [6, 6.07) is 0.0122. The fourth-order valence-electron chi connectivity index (χ4n) is 2.82. The van der Waals surface area contributed by atoms with Gasteiger partial charge in [-0.25, -0.2) is 4.79 Å². The van der Waals surface area contributed by atoms with Crippen molar-refractivity contribution < 1.29 is 14.7 Å². The van der Waals surface area contributed by atoms with Gasteiger partial charge < -0.3 is 15.3 Å². The Balaban J connectivity index is 2.31. The first kappa shape index (κ1) is 17.8. The number of rotatable bonds is 7. The van der Waals surface area contributed by atoms with Crippen LogP contribution in [-0.2, 0) is 4.79 Å². The molecule has 1 atom stereocenters. The molecule has 1 aliphatic rings. The molecule has 1 aliphatic carbocycles. The zero-order valence-corrected chi connectivity index (χ0v) is 13.6. The number of hydrogen-bond acceptors (Lipinski definition) is 2. The number of carboxylic acid groups (broad SMARTS) is 1. The summed E-state index contributed by atoms with van der Waals surface area (Å²) in [5.74, 6) is 0.0752. The average molecular weight is 298 g/mol. The van der Waals surface area contributed by atoms with Crippen LogP contribution in [0.25, 0.3) is 0 Å². The molecule has 5 heteroatoms. The van der Waals surface area contributed by atoms with Crippen LogP contribution in [0.4, 0.5) is 4.79 Å². The molecule has 0 radical (unpaired) electrons. The van der Waals surface area contributed by atoms with Gasteiger partial charge in [0.05, 0.1) is 5.92 Å². The minimum Gasteiger partial charge on any atom is -0.481 e. The van der Waals surface area contributed by atoms with Gasteiger partial charge in [0, 0.05) is 19.6 Å². The van der Waals surface area contributed by atoms with Crippen LogP contribution in [0.1, 0.15) is 52.9 Å². The van der Waals surface area contributed by atoms with Crippen molar-refractivity contribution in [3.8, 4) is 0 Å². The molecule has 21 heavy (non-hydrogen) atoms. The van der Waals surface area contributed by atoms with Crippen molar-refractivity contribution in [2.45, 2.75) is 52.9 Å². The van der Waals surface area contributed by atoms with E-state index in [-0.39, 0.29) is 11.9 Å². The molecule has 2 amide bonds. The standard InChI is InChI=1S/C16H30N2O3/c1-4-12(3)11-18(5-2)16(21)17-10-13-6-8-14(9-7-13)15(19)20/h12-14H,4-11H2,1-3H3,(H,17,21)(H,19,20). The van der Waals surface area contributed by atoms with Gasteiger partial charge in [-0.2, -0.15) is 0 Å². The van der Waals surface area contributed by atoms with Gasteiger partial charge in [0.25, 0.3) is 0 Å². The second-order valence-electron chi connectivity index (χ2n) is 6.29. The van der Waals surface area contributed by atoms with Crippen molar-refractivity contribution in [2.75, 3.05) is 19.6 Å². The van der Waals surface area contributed by atoms with E-state index >= 15 is 0 Å². The van der Waals surface area contributed by atoms with Gasteiger partial charge in [-0.15, -0.1) is 0 Å². The SMILES string of the molecule is CCC(C)CN(CC)C(=O)NCC1CCC(C(=O)O)CC1. The lowest BCUT2D eigenvalue weighted by Crippen LogP contribution is -2.44. The summed E-state index contributed by atoms with van der Waals surface area (Å²) in [6.07, 6.45) is 4.34. The molecule has 122 valence electrons. The molecule has 5 nitrogen and oxygen atoms in total. The van der Waals surface area contributed by atoms with Crippen molar-refractivity contribution in [1.29, 1.82) is 0 Å². The summed E-state index contributed by atoms with van der Waals surface area (Å²) in [5.41, 5.74) is 0. The lowest BCUT2D eigenvalue weighted by atomic mass is 9.82. The molecule has 0 aliphatic heterocycles. The predicted octanol–water partition coefficient (Wildman–Crippen LogP) is 2.96. The largest absolute Gasteiger partial charge is 0.481 e. The summed E-state index contributed by atoms with van der Waals surface area (Å²) in [7, 11) is 0. The van der Waals surface area contributed by atoms with Crippen LogP contribution < -0.4 is 5.32 Å². The number of amides is 2. The Labute approximate surface area is 128 Å². The molecule has 0 spiro atoms. The summed E-state index contributed by atoms with van der Waals surface area (Å²) in [6.45, 7) is 8.48. The lowest BCUT2D eigenvalue weighted by molar-refractivity contribution is -0.143. The van der Waals surface area contributed by atoms with Crippen LogP contribution in [0.3, 0.4) is 0 Å². The highest BCUT2D eigenvalue weighted by molar-refractivity contribution is 5.74. The average Bonchev–Trinajstić information content (AvgIpc) is 2.50. The predicted molar refractivity (Wildman–Crippen MR) is 83.2 cm³/mol. The van der Waals surface area contributed by atoms with Crippen LogP contribution in [-0.4, -0.2) is 41.6 Å². The van der Waals surface area contributed by atoms with E-state index in [0.29, 0.717) is 18.4 Å². The minimum atomic E-state index is -0.678. The van der Waals surface area contributed by atoms with Gasteiger partial charge in [0.1, 0.15) is 0 Å². The van der Waals surface area contributed by atoms with E-state index in [1.54, 1.807) is 0 Å². The van der Waals surface area contributed by atoms with Gasteiger partial charge in [-0.3, -0.25) is 4.79 Å². The van der Waals surface area contributed by atoms with Gasteiger partial charge in [0.15, 0.2) is 0 Å². The molecule has 1 fully saturated rings. The number of urea groups is 1. The van der Waals surface area contributed by atoms with E-state index in [1.165, 1.54) is 0 Å². The van der Waals surface area contributed by atoms with E-state index in [9.17, 15) is 9.59 Å². The van der Waals surface area contributed by atoms with Crippen LogP contribution in [0.5, 0.6) is 0 Å². The molecule has 2 N–H and O–H groups in total. The first-order valence-corrected chi connectivity index (χ1v) is 8.23. The molecule has 0 heterocycles. The second kappa shape index (κ2) is 8.90. The second-order valence-corrected chi connectivity index (χ2v) is 6.29. The smallest absolute Gasteiger partial charge is 0.317 e. The normalized spacial score (nSPS) is 23.4. The zero-order chi connectivity index (χ0) is 15.8. The van der Waals surface area contributed by atoms with E-state index in [4.69, 9.17) is 5.11 Å². The third kappa shape index (κ3) is 5.94. The number of nitrogens with one attached hydrogen (secondary N) is 1. The number of carbonyl (C=O) groups excluding carboxylic acids is 1. The number of nitrogens with zero attached hydrogens (tertiary/aromatic N) is 1. The quantitative estimate of drug-likeness (QED) is 0.759. The van der Waals surface area contributed by atoms with Crippen molar-refractivity contribution in [2.24, 2.45) is 17.8 Å². The Morgan fingerprint density at radius 2 is 1.86 bits per heavy atom. The topological polar surface area (TPSA) is 69.6 Å². The molecular formula is C16H30N2O3. The number of carbonyl (C=O) groups is 2. The highest BCUT2D eigenvalue weighted by atomic mass is 16.4. The number of carboxylic acids is 1. The van der Waals surface area contributed by atoms with E-state index in [1.807, 2.05) is 11.8 Å². The number of hydrogen-bond donors (Lipinski definition) is 2. The molecule has 0 aromatic carbocycles. The van der Waals surface area contributed by atoms with Crippen molar-refractivity contribution in [3.05, 3.63) is 0 Å². The van der Waals surface area contributed by atoms with Gasteiger partial charge >= 0.3 is 12.0 Å². The lowest BCUT2D eigenvalue weighted by Gasteiger charge is -2.28. The molecular weight excluding hydrogens is 268 g/mol. The Hall–Kier alpha value is -1.26. The third-order valence-corrected chi connectivity index (χ3v) is 4.64. The van der Waals surface area contributed by atoms with E-state index < -0.39 is 5.97 Å². The zero-order valence-electron chi connectivity index (χ0n) is 13.6. The fourth-order valence-corrected chi connectivity index (χ4v) is 2.82. The van der Waals surface area contributed by atoms with Gasteiger partial charge in [-0.05, 0) is 44.4 Å². The Morgan fingerprint density at radius 1 is 1.24 bits per heavy atom. The van der Waals surface area contributed by atoms with Crippen molar-refractivity contribution in [3.63, 3.8) is 0 Å². The first-order chi connectivity index (χ1) is 9.97. The van der Waals surface area contributed by atoms with Gasteiger partial charge in [-0.1, -0.05) is 20.3 Å². The molecule has 0 aromatic rings. The van der Waals surface area contributed by atoms with Crippen molar-refractivity contribution >= 4 is 12.0 Å². The molecule has 1 unspecified atom stereocenters. The van der Waals surface area contributed by atoms with Crippen molar-refractivity contribution in [1.82, 2.24) is 10.2 Å². The highest BCUT2D eigenvalue weighted by Gasteiger charge is 2.26. The Kier molecular flexibility index (Phi) is 7.54. The Morgan fingerprint density at radius 3 is 2.33 bits per heavy atom.